The van der Waals surface area contributed by atoms with Crippen LogP contribution in [0.4, 0.5) is 0 Å². The summed E-state index contributed by atoms with van der Waals surface area (Å²) in [6.45, 7) is 11.6. The average Bonchev–Trinajstić information content (AvgIpc) is 3.16. The minimum atomic E-state index is 0. The van der Waals surface area contributed by atoms with E-state index in [1.165, 1.54) is 0 Å². The standard InChI is InChI=1S/C10H13N3.C7H6ClN3.C3H7.CH4.ClH.Mg/c1-3-4-9-5-6-10-11-8(2)7-13(10)12-9;1-5-4-11-7(9-5)3-2-6(8)10-11;1-3-2;;;/h5-7H,3-4H2,1-2H3;2-4H,1H3;1,3H2,2H3;1H4;1H;/q;;-1;;;+2/p-1. The van der Waals surface area contributed by atoms with Crippen LogP contribution in [0.2, 0.25) is 5.15 Å². The van der Waals surface area contributed by atoms with Crippen molar-refractivity contribution in [2.24, 2.45) is 0 Å². The number of hydrogen-bond acceptors (Lipinski definition) is 4. The SMILES string of the molecule is C.CCCc1ccc2nc(C)cn2n1.Cc1cn2nc(Cl)ccc2n1.[CH2-]CC.[Cl-].[Mg+2]. The quantitative estimate of drug-likeness (QED) is 0.339. The molecule has 30 heavy (non-hydrogen) atoms. The maximum absolute atomic E-state index is 5.67. The number of rotatable bonds is 2. The van der Waals surface area contributed by atoms with Gasteiger partial charge < -0.3 is 19.3 Å². The Labute approximate surface area is 207 Å². The third kappa shape index (κ3) is 9.16. The van der Waals surface area contributed by atoms with Gasteiger partial charge in [-0.1, -0.05) is 39.3 Å². The van der Waals surface area contributed by atoms with Gasteiger partial charge in [0, 0.05) is 0 Å². The molecule has 4 aromatic rings. The second kappa shape index (κ2) is 15.4. The van der Waals surface area contributed by atoms with Crippen molar-refractivity contribution in [3.05, 3.63) is 65.8 Å². The van der Waals surface area contributed by atoms with E-state index in [-0.39, 0.29) is 42.9 Å². The normalized spacial score (nSPS) is 9.27. The summed E-state index contributed by atoms with van der Waals surface area (Å²) in [5.41, 5.74) is 4.84. The molecular formula is C21H30Cl2MgN6. The molecule has 0 saturated carbocycles. The van der Waals surface area contributed by atoms with Gasteiger partial charge in [-0.25, -0.2) is 19.0 Å². The van der Waals surface area contributed by atoms with Gasteiger partial charge in [-0.2, -0.15) is 16.6 Å². The van der Waals surface area contributed by atoms with E-state index in [4.69, 9.17) is 11.6 Å². The largest absolute Gasteiger partial charge is 2.00 e. The van der Waals surface area contributed by atoms with E-state index in [1.54, 1.807) is 10.6 Å². The zero-order valence-corrected chi connectivity index (χ0v) is 20.4. The molecule has 0 radical (unpaired) electrons. The van der Waals surface area contributed by atoms with E-state index in [9.17, 15) is 0 Å². The third-order valence-corrected chi connectivity index (χ3v) is 3.61. The van der Waals surface area contributed by atoms with Crippen molar-refractivity contribution in [3.63, 3.8) is 0 Å². The summed E-state index contributed by atoms with van der Waals surface area (Å²) in [6, 6.07) is 7.63. The fraction of sp³-hybridized carbons (Fsp3) is 0.381. The van der Waals surface area contributed by atoms with E-state index in [2.05, 4.69) is 34.0 Å². The number of imidazole rings is 2. The Bertz CT molecular complexity index is 1000. The smallest absolute Gasteiger partial charge is 1.00 e. The van der Waals surface area contributed by atoms with Crippen molar-refractivity contribution in [1.82, 2.24) is 29.2 Å². The van der Waals surface area contributed by atoms with Crippen LogP contribution in [0.3, 0.4) is 0 Å². The van der Waals surface area contributed by atoms with Crippen LogP contribution in [0, 0.1) is 20.8 Å². The third-order valence-electron chi connectivity index (χ3n) is 3.41. The van der Waals surface area contributed by atoms with Crippen molar-refractivity contribution in [2.45, 2.75) is 54.4 Å². The molecule has 0 atom stereocenters. The first-order valence-corrected chi connectivity index (χ1v) is 9.44. The second-order valence-corrected chi connectivity index (χ2v) is 6.49. The molecule has 0 aromatic carbocycles. The molecule has 0 aliphatic rings. The first-order chi connectivity index (χ1) is 13.0. The van der Waals surface area contributed by atoms with Gasteiger partial charge in [0.1, 0.15) is 5.15 Å². The van der Waals surface area contributed by atoms with Crippen LogP contribution in [-0.4, -0.2) is 52.2 Å². The van der Waals surface area contributed by atoms with E-state index >= 15 is 0 Å². The van der Waals surface area contributed by atoms with Gasteiger partial charge in [-0.05, 0) is 44.5 Å². The Balaban J connectivity index is 0. The molecule has 0 bridgehead atoms. The molecule has 4 rings (SSSR count). The summed E-state index contributed by atoms with van der Waals surface area (Å²) >= 11 is 5.67. The van der Waals surface area contributed by atoms with E-state index in [1.807, 2.05) is 55.9 Å². The number of aromatic nitrogens is 6. The molecule has 6 nitrogen and oxygen atoms in total. The van der Waals surface area contributed by atoms with Gasteiger partial charge in [0.05, 0.1) is 29.5 Å². The Kier molecular flexibility index (Phi) is 15.8. The van der Waals surface area contributed by atoms with Gasteiger partial charge in [0.15, 0.2) is 11.3 Å². The van der Waals surface area contributed by atoms with Crippen molar-refractivity contribution in [1.29, 1.82) is 0 Å². The van der Waals surface area contributed by atoms with Crippen LogP contribution in [0.15, 0.2) is 36.7 Å². The van der Waals surface area contributed by atoms with Gasteiger partial charge in [-0.15, -0.1) is 0 Å². The van der Waals surface area contributed by atoms with Crippen LogP contribution in [0.1, 0.15) is 51.2 Å². The molecule has 0 saturated heterocycles. The van der Waals surface area contributed by atoms with Crippen LogP contribution >= 0.6 is 11.6 Å². The van der Waals surface area contributed by atoms with Crippen molar-refractivity contribution in [2.75, 3.05) is 0 Å². The summed E-state index contributed by atoms with van der Waals surface area (Å²) in [5.74, 6) is 0. The van der Waals surface area contributed by atoms with Gasteiger partial charge in [0.25, 0.3) is 0 Å². The minimum Gasteiger partial charge on any atom is -1.00 e. The van der Waals surface area contributed by atoms with E-state index < -0.39 is 0 Å². The van der Waals surface area contributed by atoms with Crippen molar-refractivity contribution >= 4 is 45.9 Å². The summed E-state index contributed by atoms with van der Waals surface area (Å²) in [6.07, 6.45) is 6.95. The molecule has 160 valence electrons. The van der Waals surface area contributed by atoms with E-state index in [0.29, 0.717) is 5.15 Å². The Morgan fingerprint density at radius 1 is 0.900 bits per heavy atom. The van der Waals surface area contributed by atoms with Crippen molar-refractivity contribution < 1.29 is 12.4 Å². The Hall–Kier alpha value is -1.41. The zero-order chi connectivity index (χ0) is 19.8. The van der Waals surface area contributed by atoms with Crippen LogP contribution in [0.5, 0.6) is 0 Å². The number of fused-ring (bicyclic) bond motifs is 2. The maximum atomic E-state index is 5.67. The summed E-state index contributed by atoms with van der Waals surface area (Å²) < 4.78 is 3.51. The summed E-state index contributed by atoms with van der Waals surface area (Å²) in [7, 11) is 0. The second-order valence-electron chi connectivity index (χ2n) is 6.10. The molecule has 0 aliphatic heterocycles. The number of aryl methyl sites for hydroxylation is 3. The van der Waals surface area contributed by atoms with Crippen LogP contribution in [-0.2, 0) is 6.42 Å². The molecule has 4 heterocycles. The van der Waals surface area contributed by atoms with Gasteiger partial charge in [0.2, 0.25) is 0 Å². The topological polar surface area (TPSA) is 60.4 Å². The predicted molar refractivity (Wildman–Crippen MR) is 123 cm³/mol. The Morgan fingerprint density at radius 3 is 1.87 bits per heavy atom. The predicted octanol–water partition coefficient (Wildman–Crippen LogP) is 2.17. The fourth-order valence-corrected chi connectivity index (χ4v) is 2.55. The molecular weight excluding hydrogens is 431 g/mol. The molecule has 0 aliphatic carbocycles. The molecule has 4 aromatic heterocycles. The first-order valence-electron chi connectivity index (χ1n) is 9.06. The number of hydrogen-bond donors (Lipinski definition) is 0. The summed E-state index contributed by atoms with van der Waals surface area (Å²) in [5, 5.41) is 8.94. The first kappa shape index (κ1) is 30.8. The Morgan fingerprint density at radius 2 is 1.37 bits per heavy atom. The summed E-state index contributed by atoms with van der Waals surface area (Å²) in [4.78, 5) is 8.51. The molecule has 0 fully saturated rings. The van der Waals surface area contributed by atoms with Crippen LogP contribution < -0.4 is 12.4 Å². The number of nitrogens with zero attached hydrogens (tertiary/aromatic N) is 6. The van der Waals surface area contributed by atoms with Gasteiger partial charge >= 0.3 is 23.1 Å². The maximum Gasteiger partial charge on any atom is 2.00 e. The minimum absolute atomic E-state index is 0. The average molecular weight is 462 g/mol. The number of halogens is 2. The van der Waals surface area contributed by atoms with Gasteiger partial charge in [-0.3, -0.25) is 0 Å². The van der Waals surface area contributed by atoms with Crippen LogP contribution in [0.25, 0.3) is 11.3 Å². The fourth-order valence-electron chi connectivity index (χ4n) is 2.41. The molecule has 0 spiro atoms. The monoisotopic (exact) mass is 460 g/mol. The molecule has 0 N–H and O–H groups in total. The van der Waals surface area contributed by atoms with Crippen molar-refractivity contribution in [3.8, 4) is 0 Å². The van der Waals surface area contributed by atoms with E-state index in [0.717, 1.165) is 47.6 Å². The zero-order valence-electron chi connectivity index (χ0n) is 17.4. The molecule has 0 unspecified atom stereocenters. The molecule has 0 amide bonds. The molecule has 9 heteroatoms.